The summed E-state index contributed by atoms with van der Waals surface area (Å²) in [6.07, 6.45) is 1.93. The lowest BCUT2D eigenvalue weighted by Crippen LogP contribution is -2.48. The molecule has 1 aromatic heterocycles. The summed E-state index contributed by atoms with van der Waals surface area (Å²) in [6, 6.07) is 13.6. The Morgan fingerprint density at radius 3 is 2.54 bits per heavy atom. The quantitative estimate of drug-likeness (QED) is 0.330. The Morgan fingerprint density at radius 1 is 1.15 bits per heavy atom. The van der Waals surface area contributed by atoms with E-state index in [-0.39, 0.29) is 71.2 Å². The van der Waals surface area contributed by atoms with Crippen molar-refractivity contribution in [3.63, 3.8) is 0 Å². The number of nitrogens with zero attached hydrogens (tertiary/aromatic N) is 3. The summed E-state index contributed by atoms with van der Waals surface area (Å²) in [7, 11) is -2.33. The second-order valence-electron chi connectivity index (χ2n) is 12.7. The predicted octanol–water partition coefficient (Wildman–Crippen LogP) is 4.59. The highest BCUT2D eigenvalue weighted by atomic mass is 32.2. The van der Waals surface area contributed by atoms with Crippen LogP contribution in [0.2, 0.25) is 0 Å². The highest BCUT2D eigenvalue weighted by molar-refractivity contribution is 7.92. The van der Waals surface area contributed by atoms with Gasteiger partial charge in [-0.05, 0) is 70.7 Å². The molecular weight excluding hydrogens is 636 g/mol. The fraction of sp³-hybridized carbons (Fsp3) is 0.514. The fourth-order valence-electron chi connectivity index (χ4n) is 5.79. The van der Waals surface area contributed by atoms with Crippen molar-refractivity contribution in [1.82, 2.24) is 15.0 Å². The monoisotopic (exact) mass is 684 g/mol. The van der Waals surface area contributed by atoms with E-state index < -0.39 is 22.0 Å². The Hall–Kier alpha value is -3.94. The van der Waals surface area contributed by atoms with E-state index >= 15 is 0 Å². The van der Waals surface area contributed by atoms with Gasteiger partial charge in [0.1, 0.15) is 11.4 Å². The third-order valence-corrected chi connectivity index (χ3v) is 10.2. The van der Waals surface area contributed by atoms with Crippen molar-refractivity contribution in [3.05, 3.63) is 71.1 Å². The van der Waals surface area contributed by atoms with Crippen LogP contribution in [-0.4, -0.2) is 91.9 Å². The van der Waals surface area contributed by atoms with Gasteiger partial charge in [-0.3, -0.25) is 14.3 Å². The molecule has 262 valence electrons. The molecule has 0 aliphatic carbocycles. The van der Waals surface area contributed by atoms with Crippen LogP contribution in [0.3, 0.4) is 0 Å². The van der Waals surface area contributed by atoms with Crippen molar-refractivity contribution in [2.75, 3.05) is 38.1 Å². The first-order chi connectivity index (χ1) is 22.8. The third kappa shape index (κ3) is 9.36. The highest BCUT2D eigenvalue weighted by Crippen LogP contribution is 2.30. The summed E-state index contributed by atoms with van der Waals surface area (Å²) in [4.78, 5) is 30.7. The summed E-state index contributed by atoms with van der Waals surface area (Å²) in [5.74, 6) is -0.255. The van der Waals surface area contributed by atoms with Gasteiger partial charge in [-0.2, -0.15) is 0 Å². The van der Waals surface area contributed by atoms with E-state index in [9.17, 15) is 23.1 Å². The van der Waals surface area contributed by atoms with Crippen molar-refractivity contribution >= 4 is 27.5 Å². The molecule has 0 saturated heterocycles. The largest absolute Gasteiger partial charge is 0.490 e. The van der Waals surface area contributed by atoms with Crippen LogP contribution in [0.25, 0.3) is 0 Å². The molecule has 4 rings (SSSR count). The number of benzene rings is 2. The SMILES string of the molecule is Cc1noc(C)c1S(=O)(=O)Nc1ccc2c(c1)C(=O)N([C@H](C)CO)C[C@@H](C)[C@@H](CN(C)C(=O)Cc1ccccc1)OCCCC[C@@H](C)O2. The van der Waals surface area contributed by atoms with E-state index in [4.69, 9.17) is 14.0 Å². The highest BCUT2D eigenvalue weighted by Gasteiger charge is 2.32. The fourth-order valence-corrected chi connectivity index (χ4v) is 7.17. The maximum absolute atomic E-state index is 14.4. The van der Waals surface area contributed by atoms with Gasteiger partial charge in [0.2, 0.25) is 5.91 Å². The van der Waals surface area contributed by atoms with Crippen molar-refractivity contribution < 1.29 is 37.1 Å². The minimum absolute atomic E-state index is 0.0421. The molecule has 1 aliphatic rings. The van der Waals surface area contributed by atoms with Gasteiger partial charge in [0.05, 0.1) is 36.8 Å². The zero-order valence-electron chi connectivity index (χ0n) is 28.6. The molecule has 2 heterocycles. The molecule has 2 aromatic carbocycles. The molecule has 0 spiro atoms. The zero-order chi connectivity index (χ0) is 35.0. The second-order valence-corrected chi connectivity index (χ2v) is 14.3. The van der Waals surface area contributed by atoms with Crippen LogP contribution in [0.5, 0.6) is 5.75 Å². The predicted molar refractivity (Wildman–Crippen MR) is 181 cm³/mol. The average Bonchev–Trinajstić information content (AvgIpc) is 3.40. The van der Waals surface area contributed by atoms with Gasteiger partial charge in [-0.25, -0.2) is 8.42 Å². The molecule has 4 atom stereocenters. The molecule has 0 fully saturated rings. The summed E-state index contributed by atoms with van der Waals surface area (Å²) < 4.78 is 46.9. The number of fused-ring (bicyclic) bond motifs is 1. The number of aliphatic hydroxyl groups is 1. The van der Waals surface area contributed by atoms with Gasteiger partial charge in [0, 0.05) is 38.3 Å². The number of hydrogen-bond acceptors (Lipinski definition) is 9. The number of ether oxygens (including phenoxy) is 2. The van der Waals surface area contributed by atoms with Crippen molar-refractivity contribution in [1.29, 1.82) is 0 Å². The Bertz CT molecular complexity index is 1630. The maximum atomic E-state index is 14.4. The molecule has 2 N–H and O–H groups in total. The normalized spacial score (nSPS) is 20.3. The number of aliphatic hydroxyl groups excluding tert-OH is 1. The van der Waals surface area contributed by atoms with Gasteiger partial charge in [-0.15, -0.1) is 0 Å². The van der Waals surface area contributed by atoms with Gasteiger partial charge >= 0.3 is 0 Å². The molecule has 0 radical (unpaired) electrons. The number of hydrogen-bond donors (Lipinski definition) is 2. The molecular formula is C35H48N4O8S. The summed E-state index contributed by atoms with van der Waals surface area (Å²) in [6.45, 7) is 9.39. The van der Waals surface area contributed by atoms with Crippen molar-refractivity contribution in [2.24, 2.45) is 5.92 Å². The first kappa shape index (κ1) is 36.9. The Labute approximate surface area is 283 Å². The number of likely N-dealkylation sites (N-methyl/N-ethyl adjacent to an activating group) is 1. The van der Waals surface area contributed by atoms with E-state index in [1.807, 2.05) is 44.2 Å². The van der Waals surface area contributed by atoms with Crippen LogP contribution in [-0.2, 0) is 26.0 Å². The van der Waals surface area contributed by atoms with Crippen LogP contribution < -0.4 is 9.46 Å². The first-order valence-corrected chi connectivity index (χ1v) is 17.9. The molecule has 12 nitrogen and oxygen atoms in total. The van der Waals surface area contributed by atoms with E-state index in [1.165, 1.54) is 19.9 Å². The number of nitrogens with one attached hydrogen (secondary N) is 1. The van der Waals surface area contributed by atoms with Crippen LogP contribution in [0, 0.1) is 19.8 Å². The number of rotatable bonds is 9. The smallest absolute Gasteiger partial charge is 0.267 e. The molecule has 0 unspecified atom stereocenters. The number of carbonyl (C=O) groups excluding carboxylic acids is 2. The van der Waals surface area contributed by atoms with Gasteiger partial charge in [0.25, 0.3) is 15.9 Å². The lowest BCUT2D eigenvalue weighted by molar-refractivity contribution is -0.131. The van der Waals surface area contributed by atoms with Crippen molar-refractivity contribution in [3.8, 4) is 5.75 Å². The van der Waals surface area contributed by atoms with E-state index in [1.54, 1.807) is 35.9 Å². The first-order valence-electron chi connectivity index (χ1n) is 16.4. The minimum Gasteiger partial charge on any atom is -0.490 e. The number of sulfonamides is 1. The summed E-state index contributed by atoms with van der Waals surface area (Å²) >= 11 is 0. The Balaban J connectivity index is 1.64. The minimum atomic E-state index is -4.08. The van der Waals surface area contributed by atoms with Gasteiger partial charge < -0.3 is 28.9 Å². The van der Waals surface area contributed by atoms with Gasteiger partial charge in [0.15, 0.2) is 10.7 Å². The van der Waals surface area contributed by atoms with E-state index in [2.05, 4.69) is 9.88 Å². The Morgan fingerprint density at radius 2 is 1.88 bits per heavy atom. The van der Waals surface area contributed by atoms with Crippen LogP contribution in [0.4, 0.5) is 5.69 Å². The number of aryl methyl sites for hydroxylation is 2. The second kappa shape index (κ2) is 16.4. The summed E-state index contributed by atoms with van der Waals surface area (Å²) in [5.41, 5.74) is 1.45. The molecule has 0 bridgehead atoms. The maximum Gasteiger partial charge on any atom is 0.267 e. The standard InChI is InChI=1S/C35H48N4O8S/c1-23-20-39(24(2)22-40)35(42)30-19-29(37-48(43,44)34-26(4)36-47-27(34)5)15-16-31(30)46-25(3)12-10-11-17-45-32(23)21-38(6)33(41)18-28-13-8-7-9-14-28/h7-9,13-16,19,23-25,32,37,40H,10-12,17-18,20-22H2,1-6H3/t23-,24-,25-,32-/m1/s1. The number of aromatic nitrogens is 1. The number of anilines is 1. The van der Waals surface area contributed by atoms with Crippen molar-refractivity contribution in [2.45, 2.75) is 83.4 Å². The molecule has 3 aromatic rings. The van der Waals surface area contributed by atoms with Crippen LogP contribution in [0.15, 0.2) is 57.9 Å². The summed E-state index contributed by atoms with van der Waals surface area (Å²) in [5, 5.41) is 14.0. The van der Waals surface area contributed by atoms with Gasteiger partial charge in [-0.1, -0.05) is 42.4 Å². The molecule has 0 saturated carbocycles. The third-order valence-electron chi connectivity index (χ3n) is 8.62. The lowest BCUT2D eigenvalue weighted by atomic mass is 10.0. The van der Waals surface area contributed by atoms with E-state index in [0.717, 1.165) is 18.4 Å². The zero-order valence-corrected chi connectivity index (χ0v) is 29.5. The number of amides is 2. The van der Waals surface area contributed by atoms with E-state index in [0.29, 0.717) is 25.3 Å². The molecule has 13 heteroatoms. The van der Waals surface area contributed by atoms with Crippen LogP contribution >= 0.6 is 0 Å². The average molecular weight is 685 g/mol. The molecule has 2 amide bonds. The Kier molecular flexibility index (Phi) is 12.6. The molecule has 1 aliphatic heterocycles. The number of carbonyl (C=O) groups is 2. The topological polar surface area (TPSA) is 152 Å². The lowest BCUT2D eigenvalue weighted by Gasteiger charge is -2.36. The van der Waals surface area contributed by atoms with Crippen LogP contribution in [0.1, 0.15) is 67.4 Å². The molecule has 48 heavy (non-hydrogen) atoms.